The highest BCUT2D eigenvalue weighted by Gasteiger charge is 2.28. The number of halogens is 1. The number of amides is 2. The molecule has 10 heteroatoms. The molecule has 3 rings (SSSR count). The Morgan fingerprint density at radius 1 is 1.03 bits per heavy atom. The number of primary amides is 1. The van der Waals surface area contributed by atoms with E-state index in [2.05, 4.69) is 5.32 Å². The van der Waals surface area contributed by atoms with Crippen molar-refractivity contribution in [3.63, 3.8) is 0 Å². The Bertz CT molecular complexity index is 1250. The summed E-state index contributed by atoms with van der Waals surface area (Å²) in [5.41, 5.74) is 5.53. The fraction of sp³-hybridized carbons (Fsp3) is 0.0909. The molecule has 0 aromatic heterocycles. The van der Waals surface area contributed by atoms with Crippen molar-refractivity contribution >= 4 is 45.0 Å². The van der Waals surface area contributed by atoms with Gasteiger partial charge in [0.1, 0.15) is 12.4 Å². The fourth-order valence-corrected chi connectivity index (χ4v) is 4.77. The molecule has 7 nitrogen and oxygen atoms in total. The van der Waals surface area contributed by atoms with Crippen molar-refractivity contribution in [2.45, 2.75) is 9.79 Å². The number of nitrogens with one attached hydrogen (secondary N) is 1. The maximum atomic E-state index is 13.9. The lowest BCUT2D eigenvalue weighted by Gasteiger charge is -2.24. The van der Waals surface area contributed by atoms with Gasteiger partial charge in [0.25, 0.3) is 15.9 Å². The average molecular weight is 474 g/mol. The van der Waals surface area contributed by atoms with Crippen molar-refractivity contribution in [2.24, 2.45) is 5.73 Å². The van der Waals surface area contributed by atoms with Crippen LogP contribution in [0.3, 0.4) is 0 Å². The van der Waals surface area contributed by atoms with Crippen molar-refractivity contribution in [3.05, 3.63) is 84.2 Å². The number of nitrogens with zero attached hydrogens (tertiary/aromatic N) is 1. The van der Waals surface area contributed by atoms with Crippen molar-refractivity contribution in [3.8, 4) is 0 Å². The van der Waals surface area contributed by atoms with Gasteiger partial charge >= 0.3 is 0 Å². The lowest BCUT2D eigenvalue weighted by molar-refractivity contribution is -0.114. The zero-order chi connectivity index (χ0) is 23.3. The summed E-state index contributed by atoms with van der Waals surface area (Å²) in [7, 11) is -4.20. The fourth-order valence-electron chi connectivity index (χ4n) is 2.95. The molecular weight excluding hydrogens is 453 g/mol. The molecule has 3 N–H and O–H groups in total. The topological polar surface area (TPSA) is 110 Å². The summed E-state index contributed by atoms with van der Waals surface area (Å²) in [4.78, 5) is 25.2. The molecule has 0 aliphatic rings. The Morgan fingerprint density at radius 2 is 1.72 bits per heavy atom. The van der Waals surface area contributed by atoms with Crippen LogP contribution in [0.4, 0.5) is 15.8 Å². The molecule has 3 aromatic rings. The molecular formula is C22H20FN3O4S2. The predicted molar refractivity (Wildman–Crippen MR) is 123 cm³/mol. The Hall–Kier alpha value is -3.37. The van der Waals surface area contributed by atoms with Crippen LogP contribution in [0, 0.1) is 5.82 Å². The standard InChI is InChI=1S/C22H20FN3O4S2/c1-31-17-9-11-18(12-10-17)32(29,30)26(16-6-4-5-15(23)13-16)14-21(27)25-20-8-3-2-7-19(20)22(24)28/h2-13H,14H2,1H3,(H2,24,28)(H,25,27). The Labute approximate surface area is 189 Å². The second-order valence-corrected chi connectivity index (χ2v) is 9.37. The quantitative estimate of drug-likeness (QED) is 0.487. The first-order valence-corrected chi connectivity index (χ1v) is 12.0. The number of anilines is 2. The minimum Gasteiger partial charge on any atom is -0.366 e. The Kier molecular flexibility index (Phi) is 7.16. The molecule has 0 radical (unpaired) electrons. The van der Waals surface area contributed by atoms with Crippen molar-refractivity contribution < 1.29 is 22.4 Å². The molecule has 0 aliphatic carbocycles. The van der Waals surface area contributed by atoms with Gasteiger partial charge in [-0.1, -0.05) is 18.2 Å². The van der Waals surface area contributed by atoms with Crippen LogP contribution >= 0.6 is 11.8 Å². The molecule has 0 aliphatic heterocycles. The van der Waals surface area contributed by atoms with Crippen molar-refractivity contribution in [1.29, 1.82) is 0 Å². The zero-order valence-corrected chi connectivity index (χ0v) is 18.6. The van der Waals surface area contributed by atoms with Crippen LogP contribution in [0.15, 0.2) is 82.6 Å². The average Bonchev–Trinajstić information content (AvgIpc) is 2.77. The molecule has 0 unspecified atom stereocenters. The third-order valence-electron chi connectivity index (χ3n) is 4.50. The summed E-state index contributed by atoms with van der Waals surface area (Å²) in [6.07, 6.45) is 1.86. The highest BCUT2D eigenvalue weighted by molar-refractivity contribution is 7.98. The summed E-state index contributed by atoms with van der Waals surface area (Å²) >= 11 is 1.45. The highest BCUT2D eigenvalue weighted by atomic mass is 32.2. The first kappa shape index (κ1) is 23.3. The molecule has 2 amide bonds. The van der Waals surface area contributed by atoms with Crippen LogP contribution in [-0.2, 0) is 14.8 Å². The van der Waals surface area contributed by atoms with Crippen LogP contribution in [0.25, 0.3) is 0 Å². The molecule has 0 fully saturated rings. The van der Waals surface area contributed by atoms with E-state index in [1.165, 1.54) is 54.2 Å². The van der Waals surface area contributed by atoms with Gasteiger partial charge in [-0.05, 0) is 60.9 Å². The van der Waals surface area contributed by atoms with Gasteiger partial charge < -0.3 is 11.1 Å². The normalized spacial score (nSPS) is 11.1. The second-order valence-electron chi connectivity index (χ2n) is 6.63. The second kappa shape index (κ2) is 9.84. The predicted octanol–water partition coefficient (Wildman–Crippen LogP) is 3.48. The summed E-state index contributed by atoms with van der Waals surface area (Å²) in [6, 6.07) is 17.2. The largest absolute Gasteiger partial charge is 0.366 e. The number of nitrogens with two attached hydrogens (primary N) is 1. The molecule has 3 aromatic carbocycles. The lowest BCUT2D eigenvalue weighted by atomic mass is 10.1. The number of benzene rings is 3. The monoisotopic (exact) mass is 473 g/mol. The van der Waals surface area contributed by atoms with Crippen LogP contribution in [-0.4, -0.2) is 33.0 Å². The van der Waals surface area contributed by atoms with Gasteiger partial charge in [0.15, 0.2) is 0 Å². The third kappa shape index (κ3) is 5.27. The smallest absolute Gasteiger partial charge is 0.264 e. The van der Waals surface area contributed by atoms with E-state index < -0.39 is 34.2 Å². The van der Waals surface area contributed by atoms with Gasteiger partial charge in [-0.25, -0.2) is 12.8 Å². The van der Waals surface area contributed by atoms with E-state index in [1.807, 2.05) is 6.26 Å². The van der Waals surface area contributed by atoms with E-state index in [9.17, 15) is 22.4 Å². The van der Waals surface area contributed by atoms with Gasteiger partial charge in [-0.15, -0.1) is 11.8 Å². The van der Waals surface area contributed by atoms with Gasteiger partial charge in [0.05, 0.1) is 21.8 Å². The maximum absolute atomic E-state index is 13.9. The Morgan fingerprint density at radius 3 is 2.34 bits per heavy atom. The minimum absolute atomic E-state index is 0.0164. The number of carbonyl (C=O) groups excluding carboxylic acids is 2. The van der Waals surface area contributed by atoms with Gasteiger partial charge in [0.2, 0.25) is 5.91 Å². The highest BCUT2D eigenvalue weighted by Crippen LogP contribution is 2.26. The van der Waals surface area contributed by atoms with Crippen molar-refractivity contribution in [1.82, 2.24) is 0 Å². The van der Waals surface area contributed by atoms with Crippen LogP contribution in [0.2, 0.25) is 0 Å². The van der Waals surface area contributed by atoms with Gasteiger partial charge in [-0.2, -0.15) is 0 Å². The van der Waals surface area contributed by atoms with E-state index in [1.54, 1.807) is 24.3 Å². The third-order valence-corrected chi connectivity index (χ3v) is 7.03. The number of thioether (sulfide) groups is 1. The van der Waals surface area contributed by atoms with Crippen molar-refractivity contribution in [2.75, 3.05) is 22.4 Å². The number of rotatable bonds is 8. The first-order chi connectivity index (χ1) is 15.2. The van der Waals surface area contributed by atoms with E-state index in [0.717, 1.165) is 15.3 Å². The maximum Gasteiger partial charge on any atom is 0.264 e. The van der Waals surface area contributed by atoms with Crippen LogP contribution in [0.5, 0.6) is 0 Å². The van der Waals surface area contributed by atoms with E-state index in [0.29, 0.717) is 0 Å². The van der Waals surface area contributed by atoms with E-state index in [-0.39, 0.29) is 21.8 Å². The number of hydrogen-bond donors (Lipinski definition) is 2. The molecule has 0 atom stereocenters. The lowest BCUT2D eigenvalue weighted by Crippen LogP contribution is -2.38. The summed E-state index contributed by atoms with van der Waals surface area (Å²) < 4.78 is 41.4. The number of hydrogen-bond acceptors (Lipinski definition) is 5. The SMILES string of the molecule is CSc1ccc(S(=O)(=O)N(CC(=O)Nc2ccccc2C(N)=O)c2cccc(F)c2)cc1. The number of sulfonamides is 1. The first-order valence-electron chi connectivity index (χ1n) is 9.33. The summed E-state index contributed by atoms with van der Waals surface area (Å²) in [5.74, 6) is -2.13. The number of para-hydroxylation sites is 1. The Balaban J connectivity index is 1.97. The zero-order valence-electron chi connectivity index (χ0n) is 17.0. The van der Waals surface area contributed by atoms with E-state index >= 15 is 0 Å². The summed E-state index contributed by atoms with van der Waals surface area (Å²) in [6.45, 7) is -0.650. The minimum atomic E-state index is -4.20. The molecule has 32 heavy (non-hydrogen) atoms. The molecule has 0 saturated heterocycles. The van der Waals surface area contributed by atoms with E-state index in [4.69, 9.17) is 5.73 Å². The van der Waals surface area contributed by atoms with Crippen LogP contribution < -0.4 is 15.4 Å². The van der Waals surface area contributed by atoms with Gasteiger partial charge in [-0.3, -0.25) is 13.9 Å². The molecule has 0 spiro atoms. The molecule has 0 saturated carbocycles. The number of carbonyl (C=O) groups is 2. The van der Waals surface area contributed by atoms with Crippen LogP contribution in [0.1, 0.15) is 10.4 Å². The van der Waals surface area contributed by atoms with Gasteiger partial charge in [0, 0.05) is 4.90 Å². The molecule has 166 valence electrons. The summed E-state index contributed by atoms with van der Waals surface area (Å²) in [5, 5.41) is 2.51. The molecule has 0 heterocycles. The molecule has 0 bridgehead atoms.